The van der Waals surface area contributed by atoms with Crippen molar-refractivity contribution in [2.75, 3.05) is 5.33 Å². The van der Waals surface area contributed by atoms with E-state index >= 15 is 0 Å². The predicted molar refractivity (Wildman–Crippen MR) is 87.7 cm³/mol. The standard InChI is InChI=1S/C14H24BrN3OS/c1-13(2,3)9(7-8-15)16-12(19)10-11(14(4,5)6)17-18-20-10/h9H,7-8H2,1-6H3,(H,16,19). The van der Waals surface area contributed by atoms with Gasteiger partial charge in [0.05, 0.1) is 5.69 Å². The third-order valence-corrected chi connectivity index (χ3v) is 4.34. The molecule has 20 heavy (non-hydrogen) atoms. The van der Waals surface area contributed by atoms with Crippen molar-refractivity contribution < 1.29 is 4.79 Å². The predicted octanol–water partition coefficient (Wildman–Crippen LogP) is 3.77. The highest BCUT2D eigenvalue weighted by atomic mass is 79.9. The fourth-order valence-corrected chi connectivity index (χ4v) is 3.12. The lowest BCUT2D eigenvalue weighted by atomic mass is 9.85. The minimum Gasteiger partial charge on any atom is -0.348 e. The molecular formula is C14H24BrN3OS. The van der Waals surface area contributed by atoms with E-state index in [1.807, 2.05) is 20.8 Å². The monoisotopic (exact) mass is 361 g/mol. The van der Waals surface area contributed by atoms with Crippen molar-refractivity contribution in [3.8, 4) is 0 Å². The molecule has 0 aliphatic rings. The maximum absolute atomic E-state index is 12.5. The summed E-state index contributed by atoms with van der Waals surface area (Å²) in [4.78, 5) is 13.1. The molecule has 6 heteroatoms. The van der Waals surface area contributed by atoms with Crippen molar-refractivity contribution in [3.05, 3.63) is 10.6 Å². The van der Waals surface area contributed by atoms with E-state index in [1.54, 1.807) is 0 Å². The Balaban J connectivity index is 2.93. The Morgan fingerprint density at radius 2 is 1.90 bits per heavy atom. The first-order valence-corrected chi connectivity index (χ1v) is 8.66. The van der Waals surface area contributed by atoms with E-state index in [-0.39, 0.29) is 22.8 Å². The first-order valence-electron chi connectivity index (χ1n) is 6.77. The molecule has 0 bridgehead atoms. The quantitative estimate of drug-likeness (QED) is 0.830. The Bertz CT molecular complexity index is 460. The number of rotatable bonds is 4. The highest BCUT2D eigenvalue weighted by Gasteiger charge is 2.30. The minimum atomic E-state index is -0.174. The Morgan fingerprint density at radius 3 is 2.35 bits per heavy atom. The number of hydrogen-bond acceptors (Lipinski definition) is 4. The van der Waals surface area contributed by atoms with Crippen LogP contribution in [0, 0.1) is 5.41 Å². The Kier molecular flexibility index (Phi) is 5.72. The molecule has 1 amide bonds. The molecule has 0 spiro atoms. The van der Waals surface area contributed by atoms with Gasteiger partial charge in [0.25, 0.3) is 5.91 Å². The summed E-state index contributed by atoms with van der Waals surface area (Å²) in [6, 6.07) is 0.115. The van der Waals surface area contributed by atoms with Gasteiger partial charge in [0.15, 0.2) is 0 Å². The van der Waals surface area contributed by atoms with Crippen molar-refractivity contribution in [1.82, 2.24) is 14.9 Å². The zero-order valence-electron chi connectivity index (χ0n) is 13.1. The normalized spacial score (nSPS) is 14.2. The number of amides is 1. The molecule has 0 aliphatic heterocycles. The fourth-order valence-electron chi connectivity index (χ4n) is 1.88. The number of halogens is 1. The summed E-state index contributed by atoms with van der Waals surface area (Å²) in [6.45, 7) is 12.5. The first-order chi connectivity index (χ1) is 9.07. The number of carbonyl (C=O) groups is 1. The van der Waals surface area contributed by atoms with Crippen molar-refractivity contribution in [3.63, 3.8) is 0 Å². The maximum atomic E-state index is 12.5. The summed E-state index contributed by atoms with van der Waals surface area (Å²) >= 11 is 4.62. The van der Waals surface area contributed by atoms with Gasteiger partial charge < -0.3 is 5.32 Å². The van der Waals surface area contributed by atoms with Crippen LogP contribution in [0.2, 0.25) is 0 Å². The molecule has 1 N–H and O–H groups in total. The Labute approximate surface area is 134 Å². The molecule has 1 unspecified atom stereocenters. The Morgan fingerprint density at radius 1 is 1.30 bits per heavy atom. The van der Waals surface area contributed by atoms with Gasteiger partial charge in [-0.05, 0) is 23.4 Å². The SMILES string of the molecule is CC(C)(C)c1nnsc1C(=O)NC(CCBr)C(C)(C)C. The van der Waals surface area contributed by atoms with E-state index in [2.05, 4.69) is 51.6 Å². The Hall–Kier alpha value is -0.490. The molecular weight excluding hydrogens is 338 g/mol. The van der Waals surface area contributed by atoms with Crippen molar-refractivity contribution in [2.24, 2.45) is 5.41 Å². The highest BCUT2D eigenvalue weighted by molar-refractivity contribution is 9.09. The number of hydrogen-bond donors (Lipinski definition) is 1. The molecule has 4 nitrogen and oxygen atoms in total. The van der Waals surface area contributed by atoms with E-state index in [0.717, 1.165) is 17.4 Å². The van der Waals surface area contributed by atoms with Gasteiger partial charge in [-0.25, -0.2) is 0 Å². The summed E-state index contributed by atoms with van der Waals surface area (Å²) in [5, 5.41) is 8.12. The second-order valence-electron chi connectivity index (χ2n) is 7.07. The molecule has 0 saturated carbocycles. The van der Waals surface area contributed by atoms with E-state index in [0.29, 0.717) is 4.88 Å². The van der Waals surface area contributed by atoms with Crippen molar-refractivity contribution >= 4 is 33.4 Å². The van der Waals surface area contributed by atoms with E-state index in [9.17, 15) is 4.79 Å². The second kappa shape index (κ2) is 6.52. The van der Waals surface area contributed by atoms with E-state index in [1.165, 1.54) is 11.5 Å². The molecule has 1 heterocycles. The molecule has 1 rings (SSSR count). The van der Waals surface area contributed by atoms with Crippen LogP contribution in [-0.2, 0) is 5.41 Å². The molecule has 1 aromatic rings. The average molecular weight is 362 g/mol. The van der Waals surface area contributed by atoms with Gasteiger partial charge in [0.1, 0.15) is 4.88 Å². The van der Waals surface area contributed by atoms with Crippen LogP contribution in [0.1, 0.15) is 63.3 Å². The van der Waals surface area contributed by atoms with Gasteiger partial charge in [-0.3, -0.25) is 4.79 Å². The lowest BCUT2D eigenvalue weighted by molar-refractivity contribution is 0.0902. The van der Waals surface area contributed by atoms with Gasteiger partial charge >= 0.3 is 0 Å². The number of alkyl halides is 1. The number of carbonyl (C=O) groups excluding carboxylic acids is 1. The molecule has 0 fully saturated rings. The minimum absolute atomic E-state index is 0.0173. The van der Waals surface area contributed by atoms with Crippen LogP contribution < -0.4 is 5.32 Å². The van der Waals surface area contributed by atoms with Crippen LogP contribution >= 0.6 is 27.5 Å². The molecule has 114 valence electrons. The molecule has 0 aromatic carbocycles. The summed E-state index contributed by atoms with van der Waals surface area (Å²) in [7, 11) is 0. The maximum Gasteiger partial charge on any atom is 0.265 e. The van der Waals surface area contributed by atoms with Crippen LogP contribution in [0.3, 0.4) is 0 Å². The largest absolute Gasteiger partial charge is 0.348 e. The highest BCUT2D eigenvalue weighted by Crippen LogP contribution is 2.27. The van der Waals surface area contributed by atoms with Gasteiger partial charge in [0.2, 0.25) is 0 Å². The summed E-state index contributed by atoms with van der Waals surface area (Å²) in [6.07, 6.45) is 0.895. The van der Waals surface area contributed by atoms with Crippen molar-refractivity contribution in [2.45, 2.75) is 59.4 Å². The van der Waals surface area contributed by atoms with Crippen molar-refractivity contribution in [1.29, 1.82) is 0 Å². The van der Waals surface area contributed by atoms with Gasteiger partial charge in [-0.1, -0.05) is 62.0 Å². The second-order valence-corrected chi connectivity index (χ2v) is 8.62. The summed E-state index contributed by atoms with van der Waals surface area (Å²) in [5.41, 5.74) is 0.613. The van der Waals surface area contributed by atoms with E-state index in [4.69, 9.17) is 0 Å². The third kappa shape index (κ3) is 4.52. The number of aromatic nitrogens is 2. The molecule has 1 atom stereocenters. The molecule has 0 aliphatic carbocycles. The zero-order valence-corrected chi connectivity index (χ0v) is 15.5. The smallest absolute Gasteiger partial charge is 0.265 e. The van der Waals surface area contributed by atoms with Crippen LogP contribution in [0.25, 0.3) is 0 Å². The van der Waals surface area contributed by atoms with Crippen LogP contribution in [0.4, 0.5) is 0 Å². The van der Waals surface area contributed by atoms with E-state index < -0.39 is 0 Å². The molecule has 0 radical (unpaired) electrons. The van der Waals surface area contributed by atoms with Gasteiger partial charge in [0, 0.05) is 16.8 Å². The van der Waals surface area contributed by atoms with Crippen LogP contribution in [-0.4, -0.2) is 26.9 Å². The topological polar surface area (TPSA) is 54.9 Å². The van der Waals surface area contributed by atoms with Crippen LogP contribution in [0.5, 0.6) is 0 Å². The fraction of sp³-hybridized carbons (Fsp3) is 0.786. The summed E-state index contributed by atoms with van der Waals surface area (Å²) < 4.78 is 3.95. The van der Waals surface area contributed by atoms with Crippen LogP contribution in [0.15, 0.2) is 0 Å². The first kappa shape index (κ1) is 17.6. The number of nitrogens with zero attached hydrogens (tertiary/aromatic N) is 2. The average Bonchev–Trinajstić information content (AvgIpc) is 2.75. The molecule has 0 saturated heterocycles. The third-order valence-electron chi connectivity index (χ3n) is 3.15. The van der Waals surface area contributed by atoms with Gasteiger partial charge in [-0.2, -0.15) is 0 Å². The number of nitrogens with one attached hydrogen (secondary N) is 1. The van der Waals surface area contributed by atoms with Gasteiger partial charge in [-0.15, -0.1) is 5.10 Å². The zero-order chi connectivity index (χ0) is 15.6. The summed E-state index contributed by atoms with van der Waals surface area (Å²) in [5.74, 6) is -0.0641. The lowest BCUT2D eigenvalue weighted by Crippen LogP contribution is -2.44. The molecule has 1 aromatic heterocycles. The lowest BCUT2D eigenvalue weighted by Gasteiger charge is -2.31.